The van der Waals surface area contributed by atoms with E-state index in [2.05, 4.69) is 102 Å². The molecular weight excluding hydrogens is 504 g/mol. The van der Waals surface area contributed by atoms with Crippen LogP contribution in [0.1, 0.15) is 104 Å². The molecule has 0 aliphatic heterocycles. The van der Waals surface area contributed by atoms with Gasteiger partial charge in [-0.1, -0.05) is 106 Å². The standard InChI is InChI=1S/C30H36N2.2CH3.Zr/c1-20(2)24-16-10-17-25(21(3)4)29(24)32-30(26-15-9-6-12-22(26)5)28-19-11-18-27(31-28)23-13-7-8-14-23;;;/h6,9-13,15-21,23,30H,7-8,14H2,1-5H3;2*1H3;/q-2;2*-1;+4. The Hall–Kier alpha value is -1.73. The van der Waals surface area contributed by atoms with Gasteiger partial charge in [-0.15, -0.1) is 11.6 Å². The maximum absolute atomic E-state index is 5.50. The molecule has 0 amide bonds. The molecule has 1 saturated carbocycles. The second kappa shape index (κ2) is 14.1. The molecule has 2 nitrogen and oxygen atoms in total. The van der Waals surface area contributed by atoms with Crippen molar-refractivity contribution in [2.24, 2.45) is 0 Å². The van der Waals surface area contributed by atoms with Crippen molar-refractivity contribution in [3.8, 4) is 0 Å². The summed E-state index contributed by atoms with van der Waals surface area (Å²) >= 11 is 0. The van der Waals surface area contributed by atoms with Gasteiger partial charge in [-0.25, -0.2) is 0 Å². The molecule has 1 aliphatic rings. The molecule has 1 heterocycles. The van der Waals surface area contributed by atoms with E-state index in [0.29, 0.717) is 17.8 Å². The number of rotatable bonds is 7. The third-order valence-electron chi connectivity index (χ3n) is 6.71. The largest absolute Gasteiger partial charge is 4.00 e. The predicted octanol–water partition coefficient (Wildman–Crippen LogP) is 9.80. The van der Waals surface area contributed by atoms with E-state index in [1.54, 1.807) is 0 Å². The minimum absolute atomic E-state index is 0. The first-order chi connectivity index (χ1) is 15.5. The first-order valence-electron chi connectivity index (χ1n) is 12.1. The SMILES string of the molecule is Cc1ccccc1C([N-]c1c(C(C)C)cccc1C(C)C)c1cccc(C2[CH-]CCC2)n1.[CH3-].[CH3-].[Zr+4]. The molecule has 184 valence electrons. The third-order valence-corrected chi connectivity index (χ3v) is 6.71. The van der Waals surface area contributed by atoms with Crippen LogP contribution >= 0.6 is 0 Å². The fraction of sp³-hybridized carbons (Fsp3) is 0.375. The number of para-hydroxylation sites is 1. The molecule has 0 saturated heterocycles. The molecule has 1 aromatic heterocycles. The summed E-state index contributed by atoms with van der Waals surface area (Å²) in [6, 6.07) is 21.7. The Bertz CT molecular complexity index is 1020. The zero-order valence-electron chi connectivity index (χ0n) is 22.7. The van der Waals surface area contributed by atoms with Crippen molar-refractivity contribution in [1.82, 2.24) is 4.98 Å². The molecule has 0 spiro atoms. The number of aromatic nitrogens is 1. The average Bonchev–Trinajstić information content (AvgIpc) is 3.33. The molecule has 3 aromatic rings. The van der Waals surface area contributed by atoms with Crippen molar-refractivity contribution in [1.29, 1.82) is 0 Å². The van der Waals surface area contributed by atoms with E-state index in [9.17, 15) is 0 Å². The third kappa shape index (κ3) is 7.16. The number of pyridine rings is 1. The molecule has 2 atom stereocenters. The van der Waals surface area contributed by atoms with Crippen LogP contribution in [0.4, 0.5) is 5.69 Å². The number of aryl methyl sites for hydroxylation is 1. The molecular formula is C32H42N2Zr. The molecule has 1 fully saturated rings. The zero-order chi connectivity index (χ0) is 22.7. The van der Waals surface area contributed by atoms with Gasteiger partial charge in [-0.3, -0.25) is 4.98 Å². The predicted molar refractivity (Wildman–Crippen MR) is 149 cm³/mol. The van der Waals surface area contributed by atoms with E-state index in [1.165, 1.54) is 47.2 Å². The van der Waals surface area contributed by atoms with E-state index in [0.717, 1.165) is 11.4 Å². The monoisotopic (exact) mass is 544 g/mol. The Labute approximate surface area is 234 Å². The molecule has 0 radical (unpaired) electrons. The summed E-state index contributed by atoms with van der Waals surface area (Å²) in [4.78, 5) is 5.19. The molecule has 1 aliphatic carbocycles. The summed E-state index contributed by atoms with van der Waals surface area (Å²) in [6.45, 7) is 11.2. The fourth-order valence-electron chi connectivity index (χ4n) is 4.85. The Morgan fingerprint density at radius 3 is 2.00 bits per heavy atom. The summed E-state index contributed by atoms with van der Waals surface area (Å²) in [5.74, 6) is 1.30. The maximum atomic E-state index is 5.50. The molecule has 2 unspecified atom stereocenters. The molecule has 2 aromatic carbocycles. The smallest absolute Gasteiger partial charge is 0.673 e. The summed E-state index contributed by atoms with van der Waals surface area (Å²) in [5.41, 5.74) is 8.51. The van der Waals surface area contributed by atoms with Crippen LogP contribution in [0.25, 0.3) is 5.32 Å². The van der Waals surface area contributed by atoms with Gasteiger partial charge in [0, 0.05) is 11.4 Å². The van der Waals surface area contributed by atoms with Gasteiger partial charge in [0.2, 0.25) is 0 Å². The van der Waals surface area contributed by atoms with Gasteiger partial charge < -0.3 is 26.6 Å². The van der Waals surface area contributed by atoms with E-state index in [1.807, 2.05) is 0 Å². The van der Waals surface area contributed by atoms with Crippen LogP contribution in [0.2, 0.25) is 0 Å². The van der Waals surface area contributed by atoms with E-state index in [-0.39, 0.29) is 47.1 Å². The normalized spacial score (nSPS) is 15.7. The van der Waals surface area contributed by atoms with Crippen molar-refractivity contribution >= 4 is 5.69 Å². The Morgan fingerprint density at radius 2 is 1.43 bits per heavy atom. The Balaban J connectivity index is 0.00000204. The van der Waals surface area contributed by atoms with Crippen LogP contribution in [0.5, 0.6) is 0 Å². The van der Waals surface area contributed by atoms with Crippen LogP contribution in [-0.4, -0.2) is 4.98 Å². The van der Waals surface area contributed by atoms with E-state index >= 15 is 0 Å². The van der Waals surface area contributed by atoms with Crippen LogP contribution in [0.3, 0.4) is 0 Å². The van der Waals surface area contributed by atoms with Crippen molar-refractivity contribution in [3.05, 3.63) is 121 Å². The fourth-order valence-corrected chi connectivity index (χ4v) is 4.85. The van der Waals surface area contributed by atoms with Crippen molar-refractivity contribution in [3.63, 3.8) is 0 Å². The molecule has 0 bridgehead atoms. The van der Waals surface area contributed by atoms with Gasteiger partial charge >= 0.3 is 26.2 Å². The molecule has 0 N–H and O–H groups in total. The van der Waals surface area contributed by atoms with Crippen LogP contribution in [-0.2, 0) is 26.2 Å². The maximum Gasteiger partial charge on any atom is 4.00 e. The minimum atomic E-state index is -0.116. The van der Waals surface area contributed by atoms with Crippen LogP contribution in [0, 0.1) is 28.2 Å². The molecule has 4 rings (SSSR count). The second-order valence-electron chi connectivity index (χ2n) is 9.74. The Kier molecular flexibility index (Phi) is 12.6. The second-order valence-corrected chi connectivity index (χ2v) is 9.74. The number of hydrogen-bond acceptors (Lipinski definition) is 1. The summed E-state index contributed by atoms with van der Waals surface area (Å²) in [7, 11) is 0. The topological polar surface area (TPSA) is 27.0 Å². The number of nitrogens with zero attached hydrogens (tertiary/aromatic N) is 2. The van der Waals surface area contributed by atoms with Gasteiger partial charge in [0.15, 0.2) is 0 Å². The van der Waals surface area contributed by atoms with Gasteiger partial charge in [0.25, 0.3) is 0 Å². The number of hydrogen-bond donors (Lipinski definition) is 0. The van der Waals surface area contributed by atoms with Crippen molar-refractivity contribution in [2.75, 3.05) is 0 Å². The first kappa shape index (κ1) is 31.3. The van der Waals surface area contributed by atoms with E-state index in [4.69, 9.17) is 10.3 Å². The first-order valence-corrected chi connectivity index (χ1v) is 12.1. The molecule has 3 heteroatoms. The quantitative estimate of drug-likeness (QED) is 0.271. The van der Waals surface area contributed by atoms with Crippen molar-refractivity contribution in [2.45, 2.75) is 77.7 Å². The Morgan fingerprint density at radius 1 is 0.829 bits per heavy atom. The van der Waals surface area contributed by atoms with Gasteiger partial charge in [-0.05, 0) is 42.5 Å². The summed E-state index contributed by atoms with van der Waals surface area (Å²) in [6.07, 6.45) is 6.09. The van der Waals surface area contributed by atoms with Gasteiger partial charge in [0.1, 0.15) is 0 Å². The van der Waals surface area contributed by atoms with Gasteiger partial charge in [0.05, 0.1) is 0 Å². The van der Waals surface area contributed by atoms with Crippen LogP contribution in [0.15, 0.2) is 60.7 Å². The summed E-state index contributed by atoms with van der Waals surface area (Å²) < 4.78 is 0. The average molecular weight is 546 g/mol. The van der Waals surface area contributed by atoms with Crippen LogP contribution < -0.4 is 0 Å². The van der Waals surface area contributed by atoms with Crippen molar-refractivity contribution < 1.29 is 26.2 Å². The minimum Gasteiger partial charge on any atom is -0.673 e. The number of benzene rings is 2. The molecule has 35 heavy (non-hydrogen) atoms. The van der Waals surface area contributed by atoms with E-state index < -0.39 is 0 Å². The zero-order valence-corrected chi connectivity index (χ0v) is 25.1. The van der Waals surface area contributed by atoms with Gasteiger partial charge in [-0.2, -0.15) is 6.42 Å². The summed E-state index contributed by atoms with van der Waals surface area (Å²) in [5, 5.41) is 5.50.